The smallest absolute Gasteiger partial charge is 0.297 e. The van der Waals surface area contributed by atoms with Gasteiger partial charge in [-0.05, 0) is 18.2 Å². The molecule has 0 saturated carbocycles. The van der Waals surface area contributed by atoms with Crippen LogP contribution in [0.4, 0.5) is 0 Å². The number of amides is 2. The molecule has 0 aliphatic rings. The summed E-state index contributed by atoms with van der Waals surface area (Å²) in [4.78, 5) is 24.2. The molecule has 0 aliphatic carbocycles. The van der Waals surface area contributed by atoms with Crippen molar-refractivity contribution in [3.8, 4) is 10.8 Å². The van der Waals surface area contributed by atoms with Gasteiger partial charge in [-0.3, -0.25) is 9.59 Å². The Morgan fingerprint density at radius 2 is 2.15 bits per heavy atom. The second-order valence-electron chi connectivity index (χ2n) is 2.72. The fourth-order valence-corrected chi connectivity index (χ4v) is 0.829. The first-order valence-electron chi connectivity index (χ1n) is 3.70. The molecule has 0 radical (unpaired) electrons. The normalized spacial score (nSPS) is 13.5. The molecule has 4 nitrogen and oxygen atoms in total. The van der Waals surface area contributed by atoms with Crippen molar-refractivity contribution in [1.82, 2.24) is 5.32 Å². The Kier molecular flexibility index (Phi) is 4.49. The SMILES string of the molecule is CCC(C)(NC(=O)C#CBr)C(N)=O. The topological polar surface area (TPSA) is 72.2 Å². The molecule has 0 saturated heterocycles. The van der Waals surface area contributed by atoms with Crippen LogP contribution in [0, 0.1) is 10.8 Å². The lowest BCUT2D eigenvalue weighted by Crippen LogP contribution is -2.54. The number of primary amides is 1. The molecule has 0 aromatic rings. The molecule has 2 amide bonds. The molecule has 72 valence electrons. The van der Waals surface area contributed by atoms with Crippen molar-refractivity contribution in [2.75, 3.05) is 0 Å². The predicted octanol–water partition coefficient (Wildman–Crippen LogP) is 0.112. The van der Waals surface area contributed by atoms with Crippen LogP contribution < -0.4 is 11.1 Å². The number of halogens is 1. The quantitative estimate of drug-likeness (QED) is 0.695. The first-order chi connectivity index (χ1) is 5.96. The number of rotatable bonds is 3. The van der Waals surface area contributed by atoms with E-state index in [4.69, 9.17) is 5.73 Å². The van der Waals surface area contributed by atoms with E-state index in [9.17, 15) is 9.59 Å². The maximum absolute atomic E-state index is 11.0. The third kappa shape index (κ3) is 3.47. The summed E-state index contributed by atoms with van der Waals surface area (Å²) >= 11 is 2.78. The zero-order valence-electron chi connectivity index (χ0n) is 7.48. The number of nitrogens with one attached hydrogen (secondary N) is 1. The summed E-state index contributed by atoms with van der Waals surface area (Å²) in [5.41, 5.74) is 4.09. The second-order valence-corrected chi connectivity index (χ2v) is 3.12. The standard InChI is InChI=1S/C8H11BrN2O2/c1-3-8(2,7(10)13)11-6(12)4-5-9/h3H2,1-2H3,(H2,10,13)(H,11,12). The van der Waals surface area contributed by atoms with Crippen LogP contribution in [0.5, 0.6) is 0 Å². The van der Waals surface area contributed by atoms with Crippen molar-refractivity contribution < 1.29 is 9.59 Å². The zero-order valence-corrected chi connectivity index (χ0v) is 9.06. The van der Waals surface area contributed by atoms with Crippen molar-refractivity contribution in [2.24, 2.45) is 5.73 Å². The Balaban J connectivity index is 4.51. The van der Waals surface area contributed by atoms with Crippen molar-refractivity contribution in [3.63, 3.8) is 0 Å². The third-order valence-corrected chi connectivity index (χ3v) is 2.00. The molecule has 0 rings (SSSR count). The van der Waals surface area contributed by atoms with Crippen LogP contribution >= 0.6 is 15.9 Å². The number of carbonyl (C=O) groups excluding carboxylic acids is 2. The minimum atomic E-state index is -1.02. The van der Waals surface area contributed by atoms with E-state index in [2.05, 4.69) is 32.0 Å². The van der Waals surface area contributed by atoms with E-state index >= 15 is 0 Å². The van der Waals surface area contributed by atoms with Gasteiger partial charge in [0.2, 0.25) is 5.91 Å². The lowest BCUT2D eigenvalue weighted by Gasteiger charge is -2.24. The maximum atomic E-state index is 11.0. The first kappa shape index (κ1) is 12.0. The summed E-state index contributed by atoms with van der Waals surface area (Å²) in [6.45, 7) is 3.32. The van der Waals surface area contributed by atoms with Gasteiger partial charge in [0, 0.05) is 21.9 Å². The molecule has 13 heavy (non-hydrogen) atoms. The molecular weight excluding hydrogens is 236 g/mol. The van der Waals surface area contributed by atoms with Crippen LogP contribution in [0.2, 0.25) is 0 Å². The van der Waals surface area contributed by atoms with E-state index in [1.165, 1.54) is 0 Å². The molecule has 0 aliphatic heterocycles. The lowest BCUT2D eigenvalue weighted by atomic mass is 9.98. The fourth-order valence-electron chi connectivity index (χ4n) is 0.649. The highest BCUT2D eigenvalue weighted by Gasteiger charge is 2.30. The highest BCUT2D eigenvalue weighted by atomic mass is 79.9. The van der Waals surface area contributed by atoms with Crippen molar-refractivity contribution in [2.45, 2.75) is 25.8 Å². The molecule has 0 fully saturated rings. The van der Waals surface area contributed by atoms with E-state index in [0.717, 1.165) is 0 Å². The Bertz CT molecular complexity index is 280. The van der Waals surface area contributed by atoms with Crippen molar-refractivity contribution in [3.05, 3.63) is 0 Å². The summed E-state index contributed by atoms with van der Waals surface area (Å²) in [5, 5.41) is 2.43. The second kappa shape index (κ2) is 4.87. The van der Waals surface area contributed by atoms with Crippen LogP contribution in [0.15, 0.2) is 0 Å². The minimum absolute atomic E-state index is 0.429. The van der Waals surface area contributed by atoms with Crippen LogP contribution in [0.25, 0.3) is 0 Å². The monoisotopic (exact) mass is 246 g/mol. The summed E-state index contributed by atoms with van der Waals surface area (Å²) in [6, 6.07) is 0. The average Bonchev–Trinajstić information content (AvgIpc) is 2.04. The number of carbonyl (C=O) groups is 2. The molecular formula is C8H11BrN2O2. The van der Waals surface area contributed by atoms with Gasteiger partial charge in [0.15, 0.2) is 0 Å². The van der Waals surface area contributed by atoms with E-state index < -0.39 is 17.4 Å². The summed E-state index contributed by atoms with van der Waals surface area (Å²) in [5.74, 6) is 1.10. The summed E-state index contributed by atoms with van der Waals surface area (Å²) in [7, 11) is 0. The molecule has 0 aromatic carbocycles. The lowest BCUT2D eigenvalue weighted by molar-refractivity contribution is -0.128. The number of nitrogens with two attached hydrogens (primary N) is 1. The molecule has 0 bridgehead atoms. The fraction of sp³-hybridized carbons (Fsp3) is 0.500. The van der Waals surface area contributed by atoms with Crippen LogP contribution in [0.3, 0.4) is 0 Å². The first-order valence-corrected chi connectivity index (χ1v) is 4.49. The minimum Gasteiger partial charge on any atom is -0.368 e. The largest absolute Gasteiger partial charge is 0.368 e. The van der Waals surface area contributed by atoms with Crippen LogP contribution in [-0.4, -0.2) is 17.4 Å². The molecule has 0 aromatic heterocycles. The van der Waals surface area contributed by atoms with Gasteiger partial charge in [-0.15, -0.1) is 0 Å². The number of hydrogen-bond donors (Lipinski definition) is 2. The van der Waals surface area contributed by atoms with Crippen LogP contribution in [-0.2, 0) is 9.59 Å². The zero-order chi connectivity index (χ0) is 10.5. The average molecular weight is 247 g/mol. The van der Waals surface area contributed by atoms with Gasteiger partial charge in [0.25, 0.3) is 5.91 Å². The van der Waals surface area contributed by atoms with Gasteiger partial charge in [-0.25, -0.2) is 0 Å². The van der Waals surface area contributed by atoms with Gasteiger partial charge in [-0.1, -0.05) is 6.92 Å². The Hall–Kier alpha value is -1.02. The van der Waals surface area contributed by atoms with E-state index in [1.807, 2.05) is 0 Å². The molecule has 0 spiro atoms. The maximum Gasteiger partial charge on any atom is 0.297 e. The molecule has 3 N–H and O–H groups in total. The van der Waals surface area contributed by atoms with Gasteiger partial charge in [0.1, 0.15) is 5.54 Å². The van der Waals surface area contributed by atoms with E-state index in [-0.39, 0.29) is 0 Å². The third-order valence-electron chi connectivity index (χ3n) is 1.80. The van der Waals surface area contributed by atoms with E-state index in [0.29, 0.717) is 6.42 Å². The summed E-state index contributed by atoms with van der Waals surface area (Å²) in [6.07, 6.45) is 0.429. The van der Waals surface area contributed by atoms with Crippen molar-refractivity contribution >= 4 is 27.7 Å². The van der Waals surface area contributed by atoms with Gasteiger partial charge >= 0.3 is 0 Å². The molecule has 5 heteroatoms. The molecule has 0 heterocycles. The van der Waals surface area contributed by atoms with Gasteiger partial charge < -0.3 is 11.1 Å². The molecule has 1 unspecified atom stereocenters. The predicted molar refractivity (Wildman–Crippen MR) is 52.7 cm³/mol. The Morgan fingerprint density at radius 1 is 1.62 bits per heavy atom. The Labute approximate surface area is 85.4 Å². The van der Waals surface area contributed by atoms with Crippen LogP contribution in [0.1, 0.15) is 20.3 Å². The highest BCUT2D eigenvalue weighted by Crippen LogP contribution is 2.07. The summed E-state index contributed by atoms with van der Waals surface area (Å²) < 4.78 is 0. The Morgan fingerprint density at radius 3 is 2.46 bits per heavy atom. The molecule has 1 atom stereocenters. The van der Waals surface area contributed by atoms with E-state index in [1.54, 1.807) is 13.8 Å². The van der Waals surface area contributed by atoms with Gasteiger partial charge in [0.05, 0.1) is 0 Å². The van der Waals surface area contributed by atoms with Gasteiger partial charge in [-0.2, -0.15) is 0 Å². The van der Waals surface area contributed by atoms with Crippen molar-refractivity contribution in [1.29, 1.82) is 0 Å². The highest BCUT2D eigenvalue weighted by molar-refractivity contribution is 9.12. The number of hydrogen-bond acceptors (Lipinski definition) is 2.